The van der Waals surface area contributed by atoms with Gasteiger partial charge in [0.25, 0.3) is 0 Å². The maximum absolute atomic E-state index is 6.36. The second-order valence-electron chi connectivity index (χ2n) is 6.38. The molecule has 2 aromatic carbocycles. The molecule has 0 aliphatic carbocycles. The zero-order chi connectivity index (χ0) is 16.0. The van der Waals surface area contributed by atoms with Crippen molar-refractivity contribution in [2.75, 3.05) is 0 Å². The summed E-state index contributed by atoms with van der Waals surface area (Å²) in [6.45, 7) is 8.76. The number of rotatable bonds is 6. The third kappa shape index (κ3) is 4.88. The Bertz CT molecular complexity index is 597. The van der Waals surface area contributed by atoms with Crippen molar-refractivity contribution in [3.05, 3.63) is 84.3 Å². The van der Waals surface area contributed by atoms with E-state index in [-0.39, 0.29) is 5.92 Å². The van der Waals surface area contributed by atoms with Gasteiger partial charge in [0.1, 0.15) is 5.76 Å². The number of hydrogen-bond donors (Lipinski definition) is 0. The van der Waals surface area contributed by atoms with Gasteiger partial charge in [0.05, 0.1) is 0 Å². The normalized spacial score (nSPS) is 13.7. The highest BCUT2D eigenvalue weighted by Gasteiger charge is 2.20. The predicted octanol–water partition coefficient (Wildman–Crippen LogP) is 5.89. The molecule has 0 bridgehead atoms. The second-order valence-corrected chi connectivity index (χ2v) is 10.8. The van der Waals surface area contributed by atoms with E-state index >= 15 is 0 Å². The number of hydrogen-bond acceptors (Lipinski definition) is 1. The fourth-order valence-electron chi connectivity index (χ4n) is 2.34. The lowest BCUT2D eigenvalue weighted by Gasteiger charge is -2.24. The second kappa shape index (κ2) is 7.46. The molecule has 2 aromatic rings. The first kappa shape index (κ1) is 16.6. The molecule has 0 amide bonds. The van der Waals surface area contributed by atoms with Crippen LogP contribution >= 0.6 is 0 Å². The first-order chi connectivity index (χ1) is 10.5. The molecule has 2 heteroatoms. The topological polar surface area (TPSA) is 9.23 Å². The van der Waals surface area contributed by atoms with Gasteiger partial charge >= 0.3 is 0 Å². The van der Waals surface area contributed by atoms with Crippen LogP contribution in [-0.2, 0) is 4.43 Å². The van der Waals surface area contributed by atoms with Crippen molar-refractivity contribution in [2.45, 2.75) is 32.5 Å². The Morgan fingerprint density at radius 1 is 0.909 bits per heavy atom. The average Bonchev–Trinajstić information content (AvgIpc) is 2.52. The van der Waals surface area contributed by atoms with Gasteiger partial charge in [0.2, 0.25) is 8.32 Å². The van der Waals surface area contributed by atoms with E-state index in [1.54, 1.807) is 0 Å². The summed E-state index contributed by atoms with van der Waals surface area (Å²) in [5.41, 5.74) is 2.44. The van der Waals surface area contributed by atoms with Crippen LogP contribution in [0.4, 0.5) is 0 Å². The lowest BCUT2D eigenvalue weighted by Crippen LogP contribution is -2.24. The van der Waals surface area contributed by atoms with Gasteiger partial charge in [-0.15, -0.1) is 0 Å². The standard InChI is InChI=1S/C20H25OSi/c1-5-17(18-12-8-6-9-13-18)16-20(21-22(2,3)4)19-14-10-7-11-15-19/h5-17H,1-4H3/b20-16+/t17-/m1/s1. The van der Waals surface area contributed by atoms with Gasteiger partial charge in [-0.3, -0.25) is 0 Å². The third-order valence-electron chi connectivity index (χ3n) is 3.35. The maximum Gasteiger partial charge on any atom is 0.242 e. The highest BCUT2D eigenvalue weighted by atomic mass is 28.4. The van der Waals surface area contributed by atoms with E-state index in [0.29, 0.717) is 0 Å². The summed E-state index contributed by atoms with van der Waals surface area (Å²) in [6.07, 6.45) is 4.45. The predicted molar refractivity (Wildman–Crippen MR) is 98.0 cm³/mol. The summed E-state index contributed by atoms with van der Waals surface area (Å²) in [4.78, 5) is 0. The van der Waals surface area contributed by atoms with Crippen LogP contribution in [0.3, 0.4) is 0 Å². The van der Waals surface area contributed by atoms with Crippen molar-refractivity contribution < 1.29 is 4.43 Å². The van der Waals surface area contributed by atoms with E-state index in [2.05, 4.69) is 93.7 Å². The third-order valence-corrected chi connectivity index (χ3v) is 4.18. The Kier molecular flexibility index (Phi) is 5.61. The minimum Gasteiger partial charge on any atom is -0.544 e. The van der Waals surface area contributed by atoms with Gasteiger partial charge < -0.3 is 4.43 Å². The Balaban J connectivity index is 2.38. The minimum atomic E-state index is -1.67. The van der Waals surface area contributed by atoms with E-state index in [1.807, 2.05) is 6.07 Å². The SMILES string of the molecule is C[CH][C@H](/C=C(/O[Si](C)(C)C)c1ccccc1)c1ccccc1. The van der Waals surface area contributed by atoms with Crippen LogP contribution in [0.25, 0.3) is 5.76 Å². The molecule has 1 nitrogen and oxygen atoms in total. The summed E-state index contributed by atoms with van der Waals surface area (Å²) < 4.78 is 6.36. The molecule has 0 fully saturated rings. The molecule has 0 heterocycles. The molecule has 22 heavy (non-hydrogen) atoms. The van der Waals surface area contributed by atoms with Crippen LogP contribution in [0.15, 0.2) is 66.7 Å². The molecule has 0 unspecified atom stereocenters. The smallest absolute Gasteiger partial charge is 0.242 e. The highest BCUT2D eigenvalue weighted by molar-refractivity contribution is 6.70. The van der Waals surface area contributed by atoms with Crippen molar-refractivity contribution >= 4 is 14.1 Å². The van der Waals surface area contributed by atoms with Gasteiger partial charge in [-0.25, -0.2) is 0 Å². The van der Waals surface area contributed by atoms with Crippen molar-refractivity contribution in [3.8, 4) is 0 Å². The van der Waals surface area contributed by atoms with Crippen molar-refractivity contribution in [1.82, 2.24) is 0 Å². The molecule has 0 aromatic heterocycles. The lowest BCUT2D eigenvalue weighted by molar-refractivity contribution is 0.511. The first-order valence-corrected chi connectivity index (χ1v) is 11.2. The molecule has 0 aliphatic heterocycles. The molecule has 1 radical (unpaired) electrons. The van der Waals surface area contributed by atoms with Crippen LogP contribution in [0.5, 0.6) is 0 Å². The number of allylic oxidation sites excluding steroid dienone is 1. The van der Waals surface area contributed by atoms with E-state index < -0.39 is 8.32 Å². The Labute approximate surface area is 135 Å². The molecular weight excluding hydrogens is 284 g/mol. The van der Waals surface area contributed by atoms with E-state index in [9.17, 15) is 0 Å². The largest absolute Gasteiger partial charge is 0.544 e. The quantitative estimate of drug-likeness (QED) is 0.478. The minimum absolute atomic E-state index is 0.257. The molecular formula is C20H25OSi. The molecule has 0 saturated carbocycles. The van der Waals surface area contributed by atoms with Crippen molar-refractivity contribution in [3.63, 3.8) is 0 Å². The lowest BCUT2D eigenvalue weighted by atomic mass is 9.95. The zero-order valence-corrected chi connectivity index (χ0v) is 14.9. The molecule has 0 N–H and O–H groups in total. The summed E-state index contributed by atoms with van der Waals surface area (Å²) in [5.74, 6) is 1.25. The summed E-state index contributed by atoms with van der Waals surface area (Å²) >= 11 is 0. The van der Waals surface area contributed by atoms with Crippen LogP contribution in [0.1, 0.15) is 24.0 Å². The van der Waals surface area contributed by atoms with Crippen LogP contribution < -0.4 is 0 Å². The molecule has 0 aliphatic rings. The monoisotopic (exact) mass is 309 g/mol. The molecule has 2 rings (SSSR count). The fraction of sp³-hybridized carbons (Fsp3) is 0.250. The van der Waals surface area contributed by atoms with Gasteiger partial charge in [0.15, 0.2) is 0 Å². The maximum atomic E-state index is 6.36. The Hall–Kier alpha value is -1.80. The van der Waals surface area contributed by atoms with Gasteiger partial charge in [-0.1, -0.05) is 67.6 Å². The van der Waals surface area contributed by atoms with E-state index in [4.69, 9.17) is 4.43 Å². The Morgan fingerprint density at radius 2 is 1.45 bits per heavy atom. The molecule has 115 valence electrons. The van der Waals surface area contributed by atoms with Gasteiger partial charge in [-0.2, -0.15) is 0 Å². The number of benzene rings is 2. The van der Waals surface area contributed by atoms with Gasteiger partial charge in [0, 0.05) is 11.5 Å². The summed E-state index contributed by atoms with van der Waals surface area (Å²) in [5, 5.41) is 0. The Morgan fingerprint density at radius 3 is 1.95 bits per heavy atom. The highest BCUT2D eigenvalue weighted by Crippen LogP contribution is 2.28. The van der Waals surface area contributed by atoms with Crippen LogP contribution in [-0.4, -0.2) is 8.32 Å². The van der Waals surface area contributed by atoms with Crippen molar-refractivity contribution in [2.24, 2.45) is 0 Å². The molecule has 1 atom stereocenters. The van der Waals surface area contributed by atoms with Gasteiger partial charge in [-0.05, 0) is 37.7 Å². The van der Waals surface area contributed by atoms with E-state index in [0.717, 1.165) is 11.3 Å². The summed E-state index contributed by atoms with van der Waals surface area (Å²) in [7, 11) is -1.67. The zero-order valence-electron chi connectivity index (χ0n) is 13.9. The molecule has 0 saturated heterocycles. The van der Waals surface area contributed by atoms with Crippen molar-refractivity contribution in [1.29, 1.82) is 0 Å². The first-order valence-electron chi connectivity index (χ1n) is 7.80. The summed E-state index contributed by atoms with van der Waals surface area (Å²) in [6, 6.07) is 20.9. The average molecular weight is 310 g/mol. The van der Waals surface area contributed by atoms with Crippen LogP contribution in [0.2, 0.25) is 19.6 Å². The fourth-order valence-corrected chi connectivity index (χ4v) is 3.19. The van der Waals surface area contributed by atoms with E-state index in [1.165, 1.54) is 5.56 Å². The molecule has 0 spiro atoms. The van der Waals surface area contributed by atoms with Crippen LogP contribution in [0, 0.1) is 6.42 Å².